The average Bonchev–Trinajstić information content (AvgIpc) is 3.22. The molecular formula is C21H23N3O. The molecule has 0 aliphatic heterocycles. The Morgan fingerprint density at radius 2 is 1.76 bits per heavy atom. The summed E-state index contributed by atoms with van der Waals surface area (Å²) < 4.78 is 2.09. The van der Waals surface area contributed by atoms with Gasteiger partial charge in [0.15, 0.2) is 0 Å². The minimum Gasteiger partial charge on any atom is -0.508 e. The lowest BCUT2D eigenvalue weighted by molar-refractivity contribution is 0.334. The number of hydrogen-bond acceptors (Lipinski definition) is 3. The van der Waals surface area contributed by atoms with Gasteiger partial charge in [-0.15, -0.1) is 0 Å². The zero-order valence-electron chi connectivity index (χ0n) is 14.2. The average molecular weight is 333 g/mol. The quantitative estimate of drug-likeness (QED) is 0.730. The van der Waals surface area contributed by atoms with Crippen LogP contribution in [0.5, 0.6) is 5.75 Å². The van der Waals surface area contributed by atoms with Crippen LogP contribution in [0, 0.1) is 11.8 Å². The number of phenolic OH excluding ortho intramolecular Hbond substituents is 1. The van der Waals surface area contributed by atoms with E-state index >= 15 is 0 Å². The number of nitrogens with zero attached hydrogens (tertiary/aromatic N) is 2. The fourth-order valence-corrected chi connectivity index (χ4v) is 4.81. The standard InChI is InChI=1S/C21H23N3O/c25-19-5-3-16(4-6-19)17-10-20(21-11-22-13-24(21)12-17)23-18-8-14-1-2-15(7-14)9-18/h3-6,10-15,18,23,25H,1-2,7-9H2/t14-,15+,18?. The number of rotatable bonds is 3. The zero-order chi connectivity index (χ0) is 16.8. The van der Waals surface area contributed by atoms with Crippen molar-refractivity contribution in [1.29, 1.82) is 0 Å². The molecule has 2 heterocycles. The van der Waals surface area contributed by atoms with Crippen molar-refractivity contribution in [3.63, 3.8) is 0 Å². The van der Waals surface area contributed by atoms with Crippen LogP contribution in [0.3, 0.4) is 0 Å². The normalized spacial score (nSPS) is 25.4. The zero-order valence-corrected chi connectivity index (χ0v) is 14.2. The first-order chi connectivity index (χ1) is 12.2. The second-order valence-electron chi connectivity index (χ2n) is 7.73. The van der Waals surface area contributed by atoms with Gasteiger partial charge in [0.25, 0.3) is 0 Å². The molecule has 2 aliphatic carbocycles. The van der Waals surface area contributed by atoms with Gasteiger partial charge >= 0.3 is 0 Å². The van der Waals surface area contributed by atoms with Crippen LogP contribution >= 0.6 is 0 Å². The SMILES string of the molecule is Oc1ccc(-c2cc(NC3C[C@H]4CC[C@@H](C3)C4)c3cncn3c2)cc1. The molecule has 2 saturated carbocycles. The van der Waals surface area contributed by atoms with Crippen LogP contribution in [0.4, 0.5) is 5.69 Å². The summed E-state index contributed by atoms with van der Waals surface area (Å²) in [6.07, 6.45) is 12.7. The molecule has 128 valence electrons. The minimum atomic E-state index is 0.295. The van der Waals surface area contributed by atoms with E-state index in [2.05, 4.69) is 27.0 Å². The molecule has 2 fully saturated rings. The lowest BCUT2D eigenvalue weighted by Gasteiger charge is -2.29. The molecule has 1 unspecified atom stereocenters. The van der Waals surface area contributed by atoms with Crippen molar-refractivity contribution < 1.29 is 5.11 Å². The molecule has 4 heteroatoms. The highest BCUT2D eigenvalue weighted by Gasteiger charge is 2.34. The van der Waals surface area contributed by atoms with Crippen molar-refractivity contribution in [2.75, 3.05) is 5.32 Å². The van der Waals surface area contributed by atoms with Crippen molar-refractivity contribution >= 4 is 11.2 Å². The number of imidazole rings is 1. The van der Waals surface area contributed by atoms with Gasteiger partial charge in [-0.25, -0.2) is 4.98 Å². The van der Waals surface area contributed by atoms with Gasteiger partial charge in [-0.05, 0) is 54.9 Å². The van der Waals surface area contributed by atoms with E-state index in [1.54, 1.807) is 12.1 Å². The van der Waals surface area contributed by atoms with Crippen LogP contribution in [0.1, 0.15) is 32.1 Å². The number of fused-ring (bicyclic) bond motifs is 3. The van der Waals surface area contributed by atoms with Crippen molar-refractivity contribution in [2.45, 2.75) is 38.1 Å². The highest BCUT2D eigenvalue weighted by atomic mass is 16.3. The molecule has 0 radical (unpaired) electrons. The van der Waals surface area contributed by atoms with Crippen molar-refractivity contribution in [3.05, 3.63) is 49.1 Å². The summed E-state index contributed by atoms with van der Waals surface area (Å²) in [4.78, 5) is 4.33. The minimum absolute atomic E-state index is 0.295. The Balaban J connectivity index is 1.50. The maximum atomic E-state index is 9.54. The van der Waals surface area contributed by atoms with Gasteiger partial charge in [0.05, 0.1) is 23.7 Å². The molecular weight excluding hydrogens is 310 g/mol. The molecule has 3 aromatic rings. The molecule has 2 aliphatic rings. The number of nitrogens with one attached hydrogen (secondary N) is 1. The molecule has 0 saturated heterocycles. The smallest absolute Gasteiger partial charge is 0.115 e. The number of phenols is 1. The number of anilines is 1. The van der Waals surface area contributed by atoms with Crippen LogP contribution in [-0.2, 0) is 0 Å². The fraction of sp³-hybridized carbons (Fsp3) is 0.381. The first-order valence-electron chi connectivity index (χ1n) is 9.26. The van der Waals surface area contributed by atoms with Crippen LogP contribution < -0.4 is 5.32 Å². The molecule has 2 aromatic heterocycles. The first kappa shape index (κ1) is 14.8. The van der Waals surface area contributed by atoms with Gasteiger partial charge < -0.3 is 14.8 Å². The third-order valence-corrected chi connectivity index (χ3v) is 5.97. The van der Waals surface area contributed by atoms with E-state index in [1.807, 2.05) is 24.7 Å². The Morgan fingerprint density at radius 3 is 2.52 bits per heavy atom. The van der Waals surface area contributed by atoms with Crippen LogP contribution in [0.25, 0.3) is 16.6 Å². The maximum absolute atomic E-state index is 9.54. The molecule has 2 bridgehead atoms. The molecule has 0 amide bonds. The third kappa shape index (κ3) is 2.76. The van der Waals surface area contributed by atoms with E-state index in [4.69, 9.17) is 0 Å². The van der Waals surface area contributed by atoms with Crippen LogP contribution in [-0.4, -0.2) is 20.5 Å². The van der Waals surface area contributed by atoms with Crippen molar-refractivity contribution in [3.8, 4) is 16.9 Å². The van der Waals surface area contributed by atoms with E-state index in [1.165, 1.54) is 32.1 Å². The number of benzene rings is 1. The lowest BCUT2D eigenvalue weighted by atomic mass is 9.85. The molecule has 0 spiro atoms. The molecule has 25 heavy (non-hydrogen) atoms. The van der Waals surface area contributed by atoms with E-state index in [-0.39, 0.29) is 0 Å². The Labute approximate surface area is 147 Å². The first-order valence-corrected chi connectivity index (χ1v) is 9.26. The maximum Gasteiger partial charge on any atom is 0.115 e. The predicted octanol–water partition coefficient (Wildman–Crippen LogP) is 4.70. The topological polar surface area (TPSA) is 49.6 Å². The van der Waals surface area contributed by atoms with Crippen molar-refractivity contribution in [1.82, 2.24) is 9.38 Å². The molecule has 1 aromatic carbocycles. The van der Waals surface area contributed by atoms with Gasteiger partial charge in [0.1, 0.15) is 5.75 Å². The monoisotopic (exact) mass is 333 g/mol. The van der Waals surface area contributed by atoms with Crippen LogP contribution in [0.2, 0.25) is 0 Å². The highest BCUT2D eigenvalue weighted by Crippen LogP contribution is 2.43. The summed E-state index contributed by atoms with van der Waals surface area (Å²) in [6.45, 7) is 0. The summed E-state index contributed by atoms with van der Waals surface area (Å²) in [5.74, 6) is 2.12. The van der Waals surface area contributed by atoms with E-state index < -0.39 is 0 Å². The van der Waals surface area contributed by atoms with Gasteiger partial charge in [0, 0.05) is 17.8 Å². The molecule has 2 N–H and O–H groups in total. The number of aromatic nitrogens is 2. The Morgan fingerprint density at radius 1 is 1.00 bits per heavy atom. The Hall–Kier alpha value is -2.49. The second kappa shape index (κ2) is 5.80. The summed E-state index contributed by atoms with van der Waals surface area (Å²) in [6, 6.07) is 10.2. The highest BCUT2D eigenvalue weighted by molar-refractivity contribution is 5.78. The summed E-state index contributed by atoms with van der Waals surface area (Å²) >= 11 is 0. The van der Waals surface area contributed by atoms with Crippen molar-refractivity contribution in [2.24, 2.45) is 11.8 Å². The Bertz CT molecular complexity index is 887. The summed E-state index contributed by atoms with van der Waals surface area (Å²) in [7, 11) is 0. The van der Waals surface area contributed by atoms with Gasteiger partial charge in [0.2, 0.25) is 0 Å². The van der Waals surface area contributed by atoms with Gasteiger partial charge in [-0.1, -0.05) is 25.0 Å². The van der Waals surface area contributed by atoms with E-state index in [0.29, 0.717) is 11.8 Å². The van der Waals surface area contributed by atoms with Gasteiger partial charge in [-0.3, -0.25) is 0 Å². The van der Waals surface area contributed by atoms with Gasteiger partial charge in [-0.2, -0.15) is 0 Å². The molecule has 3 atom stereocenters. The Kier molecular flexibility index (Phi) is 3.44. The summed E-state index contributed by atoms with van der Waals surface area (Å²) in [5.41, 5.74) is 4.52. The fourth-order valence-electron chi connectivity index (χ4n) is 4.81. The van der Waals surface area contributed by atoms with E-state index in [9.17, 15) is 5.11 Å². The lowest BCUT2D eigenvalue weighted by Crippen LogP contribution is -2.28. The molecule has 5 rings (SSSR count). The predicted molar refractivity (Wildman–Crippen MR) is 99.8 cm³/mol. The van der Waals surface area contributed by atoms with Crippen LogP contribution in [0.15, 0.2) is 49.1 Å². The largest absolute Gasteiger partial charge is 0.508 e. The molecule has 4 nitrogen and oxygen atoms in total. The van der Waals surface area contributed by atoms with E-state index in [0.717, 1.165) is 34.2 Å². The second-order valence-corrected chi connectivity index (χ2v) is 7.73. The number of pyridine rings is 1. The number of hydrogen-bond donors (Lipinski definition) is 2. The third-order valence-electron chi connectivity index (χ3n) is 5.97. The number of aromatic hydroxyl groups is 1. The summed E-state index contributed by atoms with van der Waals surface area (Å²) in [5, 5.41) is 13.4.